The van der Waals surface area contributed by atoms with Gasteiger partial charge in [-0.2, -0.15) is 0 Å². The summed E-state index contributed by atoms with van der Waals surface area (Å²) in [5, 5.41) is 6.06. The van der Waals surface area contributed by atoms with Gasteiger partial charge in [-0.1, -0.05) is 78.3 Å². The second-order valence-corrected chi connectivity index (χ2v) is 7.41. The smallest absolute Gasteiger partial charge is 0.0434 e. The maximum atomic E-state index is 6.05. The van der Waals surface area contributed by atoms with Gasteiger partial charge >= 0.3 is 0 Å². The Morgan fingerprint density at radius 1 is 0.583 bits per heavy atom. The van der Waals surface area contributed by atoms with Crippen LogP contribution in [0.5, 0.6) is 0 Å². The van der Waals surface area contributed by atoms with Crippen LogP contribution in [-0.2, 0) is 0 Å². The molecular formula is C22H13ClS. The Morgan fingerprint density at radius 3 is 2.21 bits per heavy atom. The lowest BCUT2D eigenvalue weighted by Crippen LogP contribution is -1.77. The largest absolute Gasteiger partial charge is 0.134 e. The average Bonchev–Trinajstić information content (AvgIpc) is 3.02. The molecule has 0 saturated heterocycles. The second-order valence-electron chi connectivity index (χ2n) is 5.95. The van der Waals surface area contributed by atoms with E-state index in [2.05, 4.69) is 66.7 Å². The number of halogens is 1. The zero-order chi connectivity index (χ0) is 16.1. The third-order valence-electron chi connectivity index (χ3n) is 4.54. The molecule has 0 amide bonds. The molecule has 114 valence electrons. The zero-order valence-corrected chi connectivity index (χ0v) is 14.4. The van der Waals surface area contributed by atoms with E-state index in [1.54, 1.807) is 0 Å². The highest BCUT2D eigenvalue weighted by Gasteiger charge is 2.12. The Kier molecular flexibility index (Phi) is 3.12. The van der Waals surface area contributed by atoms with E-state index in [-0.39, 0.29) is 0 Å². The molecule has 4 aromatic carbocycles. The molecule has 0 spiro atoms. The number of hydrogen-bond donors (Lipinski definition) is 0. The highest BCUT2D eigenvalue weighted by Crippen LogP contribution is 2.42. The summed E-state index contributed by atoms with van der Waals surface area (Å²) in [5.74, 6) is 0. The van der Waals surface area contributed by atoms with E-state index in [0.29, 0.717) is 0 Å². The molecule has 5 aromatic rings. The SMILES string of the molecule is Clc1ccc(-c2cccc3c2sc2c4ccccc4ccc32)cc1. The molecule has 1 aromatic heterocycles. The van der Waals surface area contributed by atoms with Gasteiger partial charge in [0.2, 0.25) is 0 Å². The van der Waals surface area contributed by atoms with Crippen molar-refractivity contribution in [3.8, 4) is 11.1 Å². The summed E-state index contributed by atoms with van der Waals surface area (Å²) in [6.45, 7) is 0. The Balaban J connectivity index is 1.90. The minimum absolute atomic E-state index is 0.772. The molecule has 24 heavy (non-hydrogen) atoms. The van der Waals surface area contributed by atoms with E-state index in [9.17, 15) is 0 Å². The summed E-state index contributed by atoms with van der Waals surface area (Å²) in [5.41, 5.74) is 2.48. The molecule has 0 aliphatic rings. The zero-order valence-electron chi connectivity index (χ0n) is 12.8. The van der Waals surface area contributed by atoms with Gasteiger partial charge in [-0.25, -0.2) is 0 Å². The van der Waals surface area contributed by atoms with Gasteiger partial charge in [0.1, 0.15) is 0 Å². The fraction of sp³-hybridized carbons (Fsp3) is 0. The van der Waals surface area contributed by atoms with E-state index < -0.39 is 0 Å². The predicted molar refractivity (Wildman–Crippen MR) is 107 cm³/mol. The van der Waals surface area contributed by atoms with Crippen molar-refractivity contribution in [1.82, 2.24) is 0 Å². The van der Waals surface area contributed by atoms with Crippen molar-refractivity contribution in [2.24, 2.45) is 0 Å². The standard InChI is InChI=1S/C22H13ClS/c23-16-11-8-15(9-12-16)18-6-3-7-19-20-13-10-14-4-1-2-5-17(14)22(20)24-21(18)19/h1-13H. The van der Waals surface area contributed by atoms with Gasteiger partial charge < -0.3 is 0 Å². The van der Waals surface area contributed by atoms with Gasteiger partial charge in [-0.3, -0.25) is 0 Å². The van der Waals surface area contributed by atoms with Crippen molar-refractivity contribution in [3.63, 3.8) is 0 Å². The first kappa shape index (κ1) is 14.0. The summed E-state index contributed by atoms with van der Waals surface area (Å²) in [6, 6.07) is 27.8. The van der Waals surface area contributed by atoms with Gasteiger partial charge in [-0.05, 0) is 34.0 Å². The van der Waals surface area contributed by atoms with Crippen molar-refractivity contribution in [3.05, 3.63) is 83.9 Å². The van der Waals surface area contributed by atoms with Crippen LogP contribution in [-0.4, -0.2) is 0 Å². The molecule has 1 heterocycles. The molecule has 0 nitrogen and oxygen atoms in total. The molecule has 0 aliphatic carbocycles. The van der Waals surface area contributed by atoms with Crippen LogP contribution in [0.15, 0.2) is 78.9 Å². The number of benzene rings is 4. The third kappa shape index (κ3) is 2.06. The van der Waals surface area contributed by atoms with Crippen molar-refractivity contribution in [2.45, 2.75) is 0 Å². The molecule has 0 atom stereocenters. The molecule has 0 unspecified atom stereocenters. The Hall–Kier alpha value is -2.35. The predicted octanol–water partition coefficient (Wildman–Crippen LogP) is 7.53. The van der Waals surface area contributed by atoms with Crippen LogP contribution >= 0.6 is 22.9 Å². The van der Waals surface area contributed by atoms with Gasteiger partial charge in [0.05, 0.1) is 0 Å². The minimum Gasteiger partial charge on any atom is -0.134 e. The molecular weight excluding hydrogens is 332 g/mol. The topological polar surface area (TPSA) is 0 Å². The van der Waals surface area contributed by atoms with Crippen LogP contribution in [0.3, 0.4) is 0 Å². The van der Waals surface area contributed by atoms with E-state index in [0.717, 1.165) is 5.02 Å². The van der Waals surface area contributed by atoms with Crippen LogP contribution in [0, 0.1) is 0 Å². The maximum Gasteiger partial charge on any atom is 0.0434 e. The van der Waals surface area contributed by atoms with Crippen molar-refractivity contribution >= 4 is 53.9 Å². The highest BCUT2D eigenvalue weighted by molar-refractivity contribution is 7.27. The maximum absolute atomic E-state index is 6.05. The van der Waals surface area contributed by atoms with Gasteiger partial charge in [0.15, 0.2) is 0 Å². The third-order valence-corrected chi connectivity index (χ3v) is 6.08. The number of thiophene rings is 1. The highest BCUT2D eigenvalue weighted by atomic mass is 35.5. The van der Waals surface area contributed by atoms with E-state index in [1.165, 1.54) is 42.1 Å². The number of fused-ring (bicyclic) bond motifs is 5. The fourth-order valence-corrected chi connectivity index (χ4v) is 4.88. The molecule has 0 aliphatic heterocycles. The molecule has 2 heteroatoms. The summed E-state index contributed by atoms with van der Waals surface area (Å²) >= 11 is 7.93. The summed E-state index contributed by atoms with van der Waals surface area (Å²) < 4.78 is 2.70. The van der Waals surface area contributed by atoms with Gasteiger partial charge in [-0.15, -0.1) is 11.3 Å². The lowest BCUT2D eigenvalue weighted by molar-refractivity contribution is 1.67. The fourth-order valence-electron chi connectivity index (χ4n) is 3.38. The Labute approximate surface area is 148 Å². The normalized spacial score (nSPS) is 11.5. The average molecular weight is 345 g/mol. The van der Waals surface area contributed by atoms with Crippen molar-refractivity contribution < 1.29 is 0 Å². The Morgan fingerprint density at radius 2 is 1.33 bits per heavy atom. The van der Waals surface area contributed by atoms with Crippen LogP contribution in [0.25, 0.3) is 42.1 Å². The molecule has 0 radical (unpaired) electrons. The van der Waals surface area contributed by atoms with Crippen molar-refractivity contribution in [2.75, 3.05) is 0 Å². The van der Waals surface area contributed by atoms with Crippen LogP contribution in [0.4, 0.5) is 0 Å². The minimum atomic E-state index is 0.772. The summed E-state index contributed by atoms with van der Waals surface area (Å²) in [6.07, 6.45) is 0. The first-order valence-electron chi connectivity index (χ1n) is 7.90. The molecule has 0 N–H and O–H groups in total. The molecule has 0 saturated carbocycles. The quantitative estimate of drug-likeness (QED) is 0.295. The molecule has 5 rings (SSSR count). The lowest BCUT2D eigenvalue weighted by Gasteiger charge is -2.03. The molecule has 0 bridgehead atoms. The van der Waals surface area contributed by atoms with Gasteiger partial charge in [0.25, 0.3) is 0 Å². The lowest BCUT2D eigenvalue weighted by atomic mass is 10.0. The summed E-state index contributed by atoms with van der Waals surface area (Å²) in [4.78, 5) is 0. The molecule has 0 fully saturated rings. The summed E-state index contributed by atoms with van der Waals surface area (Å²) in [7, 11) is 0. The van der Waals surface area contributed by atoms with E-state index >= 15 is 0 Å². The first-order valence-corrected chi connectivity index (χ1v) is 9.10. The monoisotopic (exact) mass is 344 g/mol. The van der Waals surface area contributed by atoms with Crippen LogP contribution in [0.2, 0.25) is 5.02 Å². The number of hydrogen-bond acceptors (Lipinski definition) is 1. The van der Waals surface area contributed by atoms with E-state index in [1.807, 2.05) is 23.5 Å². The van der Waals surface area contributed by atoms with Gasteiger partial charge in [0, 0.05) is 25.2 Å². The first-order chi connectivity index (χ1) is 11.8. The van der Waals surface area contributed by atoms with Crippen LogP contribution in [0.1, 0.15) is 0 Å². The van der Waals surface area contributed by atoms with E-state index in [4.69, 9.17) is 11.6 Å². The van der Waals surface area contributed by atoms with Crippen molar-refractivity contribution in [1.29, 1.82) is 0 Å². The van der Waals surface area contributed by atoms with Crippen LogP contribution < -0.4 is 0 Å². The second kappa shape index (κ2) is 5.34. The Bertz CT molecular complexity index is 1200. The number of rotatable bonds is 1.